The van der Waals surface area contributed by atoms with Crippen LogP contribution in [0, 0.1) is 0 Å². The van der Waals surface area contributed by atoms with Gasteiger partial charge in [0.2, 0.25) is 0 Å². The van der Waals surface area contributed by atoms with E-state index >= 15 is 0 Å². The van der Waals surface area contributed by atoms with Crippen molar-refractivity contribution in [3.05, 3.63) is 59.2 Å². The number of hydroxylamine groups is 4. The SMILES string of the molecule is CC(C)c1ccc(C(=O)ON2C(=O)CCC2=O)cn1.CC(C)c1cccc(C(=O)ON2C(=O)CCC2=O)n1. The van der Waals surface area contributed by atoms with Crippen molar-refractivity contribution in [2.75, 3.05) is 0 Å². The van der Waals surface area contributed by atoms with Crippen LogP contribution in [0.25, 0.3) is 0 Å². The van der Waals surface area contributed by atoms with Crippen LogP contribution in [0.3, 0.4) is 0 Å². The Hall–Kier alpha value is -4.48. The Balaban J connectivity index is 0.000000211. The third-order valence-electron chi connectivity index (χ3n) is 5.54. The van der Waals surface area contributed by atoms with Gasteiger partial charge < -0.3 is 9.68 Å². The monoisotopic (exact) mass is 524 g/mol. The van der Waals surface area contributed by atoms with Crippen LogP contribution in [0.15, 0.2) is 36.5 Å². The summed E-state index contributed by atoms with van der Waals surface area (Å²) in [5, 5.41) is 1.05. The first kappa shape index (κ1) is 28.1. The molecule has 12 heteroatoms. The van der Waals surface area contributed by atoms with Crippen LogP contribution in [0.2, 0.25) is 0 Å². The maximum Gasteiger partial charge on any atom is 0.382 e. The Bertz CT molecular complexity index is 1220. The molecule has 0 unspecified atom stereocenters. The van der Waals surface area contributed by atoms with E-state index < -0.39 is 35.6 Å². The van der Waals surface area contributed by atoms with Crippen LogP contribution in [0.5, 0.6) is 0 Å². The lowest BCUT2D eigenvalue weighted by Crippen LogP contribution is -2.32. The average Bonchev–Trinajstić information content (AvgIpc) is 3.39. The van der Waals surface area contributed by atoms with Crippen molar-refractivity contribution in [3.8, 4) is 0 Å². The lowest BCUT2D eigenvalue weighted by molar-refractivity contribution is -0.173. The minimum Gasteiger partial charge on any atom is -0.325 e. The van der Waals surface area contributed by atoms with E-state index in [0.29, 0.717) is 10.1 Å². The second kappa shape index (κ2) is 12.2. The molecule has 0 aromatic carbocycles. The second-order valence-electron chi connectivity index (χ2n) is 9.15. The Morgan fingerprint density at radius 1 is 0.711 bits per heavy atom. The first-order chi connectivity index (χ1) is 18.0. The van der Waals surface area contributed by atoms with E-state index in [1.165, 1.54) is 12.3 Å². The summed E-state index contributed by atoms with van der Waals surface area (Å²) < 4.78 is 0. The number of aromatic nitrogens is 2. The maximum atomic E-state index is 11.8. The lowest BCUT2D eigenvalue weighted by atomic mass is 10.1. The van der Waals surface area contributed by atoms with Crippen molar-refractivity contribution in [3.63, 3.8) is 0 Å². The van der Waals surface area contributed by atoms with Gasteiger partial charge in [-0.25, -0.2) is 14.6 Å². The zero-order valence-corrected chi connectivity index (χ0v) is 21.5. The molecule has 2 aromatic heterocycles. The van der Waals surface area contributed by atoms with Crippen LogP contribution < -0.4 is 0 Å². The summed E-state index contributed by atoms with van der Waals surface area (Å²) in [5.41, 5.74) is 1.88. The molecular formula is C26H28N4O8. The summed E-state index contributed by atoms with van der Waals surface area (Å²) in [5.74, 6) is -3.13. The minimum absolute atomic E-state index is 0.0750. The summed E-state index contributed by atoms with van der Waals surface area (Å²) in [6, 6.07) is 8.25. The third-order valence-corrected chi connectivity index (χ3v) is 5.54. The van der Waals surface area contributed by atoms with Crippen molar-refractivity contribution in [1.82, 2.24) is 20.1 Å². The molecule has 0 atom stereocenters. The van der Waals surface area contributed by atoms with Crippen molar-refractivity contribution < 1.29 is 38.4 Å². The summed E-state index contributed by atoms with van der Waals surface area (Å²) in [4.78, 5) is 86.7. The highest BCUT2D eigenvalue weighted by Gasteiger charge is 2.34. The van der Waals surface area contributed by atoms with Crippen LogP contribution in [-0.2, 0) is 28.9 Å². The van der Waals surface area contributed by atoms with E-state index in [9.17, 15) is 28.8 Å². The summed E-state index contributed by atoms with van der Waals surface area (Å²) >= 11 is 0. The largest absolute Gasteiger partial charge is 0.382 e. The smallest absolute Gasteiger partial charge is 0.325 e. The van der Waals surface area contributed by atoms with Crippen LogP contribution in [0.1, 0.15) is 97.4 Å². The highest BCUT2D eigenvalue weighted by atomic mass is 16.7. The van der Waals surface area contributed by atoms with E-state index in [4.69, 9.17) is 9.68 Å². The van der Waals surface area contributed by atoms with Crippen LogP contribution >= 0.6 is 0 Å². The second-order valence-corrected chi connectivity index (χ2v) is 9.15. The Morgan fingerprint density at radius 2 is 1.21 bits per heavy atom. The number of hydrogen-bond acceptors (Lipinski definition) is 10. The fourth-order valence-electron chi connectivity index (χ4n) is 3.34. The summed E-state index contributed by atoms with van der Waals surface area (Å²) in [6.45, 7) is 7.87. The van der Waals surface area contributed by atoms with Gasteiger partial charge in [0.15, 0.2) is 5.69 Å². The molecule has 2 fully saturated rings. The normalized spacial score (nSPS) is 15.2. The number of imide groups is 2. The molecule has 0 radical (unpaired) electrons. The van der Waals surface area contributed by atoms with Gasteiger partial charge in [-0.1, -0.05) is 33.8 Å². The molecule has 2 aromatic rings. The molecule has 2 saturated heterocycles. The Morgan fingerprint density at radius 3 is 1.66 bits per heavy atom. The molecule has 2 aliphatic rings. The minimum atomic E-state index is -0.800. The molecule has 4 heterocycles. The lowest BCUT2D eigenvalue weighted by Gasteiger charge is -2.12. The van der Waals surface area contributed by atoms with Gasteiger partial charge in [-0.05, 0) is 36.1 Å². The molecule has 0 spiro atoms. The van der Waals surface area contributed by atoms with Crippen molar-refractivity contribution >= 4 is 35.6 Å². The number of carbonyl (C=O) groups is 6. The molecule has 200 valence electrons. The van der Waals surface area contributed by atoms with Crippen molar-refractivity contribution in [1.29, 1.82) is 0 Å². The molecule has 4 rings (SSSR count). The molecule has 0 N–H and O–H groups in total. The maximum absolute atomic E-state index is 11.8. The predicted octanol–water partition coefficient (Wildman–Crippen LogP) is 2.85. The molecular weight excluding hydrogens is 496 g/mol. The summed E-state index contributed by atoms with van der Waals surface area (Å²) in [7, 11) is 0. The average molecular weight is 525 g/mol. The van der Waals surface area contributed by atoms with Gasteiger partial charge in [-0.2, -0.15) is 0 Å². The fourth-order valence-corrected chi connectivity index (χ4v) is 3.34. The number of carbonyl (C=O) groups excluding carboxylic acids is 6. The van der Waals surface area contributed by atoms with Gasteiger partial charge in [0, 0.05) is 43.3 Å². The molecule has 0 saturated carbocycles. The molecule has 0 bridgehead atoms. The van der Waals surface area contributed by atoms with Crippen molar-refractivity contribution in [2.24, 2.45) is 0 Å². The summed E-state index contributed by atoms with van der Waals surface area (Å²) in [6.07, 6.45) is 1.69. The highest BCUT2D eigenvalue weighted by Crippen LogP contribution is 2.17. The molecule has 4 amide bonds. The number of pyridine rings is 2. The number of amides is 4. The van der Waals surface area contributed by atoms with E-state index in [0.717, 1.165) is 11.4 Å². The zero-order valence-electron chi connectivity index (χ0n) is 21.5. The van der Waals surface area contributed by atoms with Crippen LogP contribution in [0.4, 0.5) is 0 Å². The topological polar surface area (TPSA) is 153 Å². The van der Waals surface area contributed by atoms with Gasteiger partial charge in [0.25, 0.3) is 23.6 Å². The highest BCUT2D eigenvalue weighted by molar-refractivity contribution is 6.03. The number of rotatable bonds is 6. The van der Waals surface area contributed by atoms with E-state index in [2.05, 4.69) is 9.97 Å². The molecule has 12 nitrogen and oxygen atoms in total. The predicted molar refractivity (Wildman–Crippen MR) is 130 cm³/mol. The first-order valence-corrected chi connectivity index (χ1v) is 12.1. The fraction of sp³-hybridized carbons (Fsp3) is 0.385. The van der Waals surface area contributed by atoms with Gasteiger partial charge in [0.05, 0.1) is 5.56 Å². The zero-order chi connectivity index (χ0) is 28.0. The van der Waals surface area contributed by atoms with Crippen LogP contribution in [-0.4, -0.2) is 55.7 Å². The standard InChI is InChI=1S/2C13H14N2O4/c1-8(2)10-4-3-9(7-14-10)13(18)19-15-11(16)5-6-12(15)17;1-8(2)9-4-3-5-10(14-9)13(18)19-15-11(16)6-7-12(15)17/h3-4,7-8H,5-6H2,1-2H3;3-5,8H,6-7H2,1-2H3. The van der Waals surface area contributed by atoms with Gasteiger partial charge in [0.1, 0.15) is 0 Å². The number of hydrogen-bond donors (Lipinski definition) is 0. The van der Waals surface area contributed by atoms with Crippen molar-refractivity contribution in [2.45, 2.75) is 65.2 Å². The number of nitrogens with zero attached hydrogens (tertiary/aromatic N) is 4. The first-order valence-electron chi connectivity index (χ1n) is 12.1. The quantitative estimate of drug-likeness (QED) is 0.515. The Kier molecular flexibility index (Phi) is 9.00. The third kappa shape index (κ3) is 6.84. The molecule has 0 aliphatic carbocycles. The van der Waals surface area contributed by atoms with E-state index in [1.807, 2.05) is 27.7 Å². The van der Waals surface area contributed by atoms with Gasteiger partial charge in [-0.15, -0.1) is 10.1 Å². The Labute approximate surface area is 218 Å². The van der Waals surface area contributed by atoms with E-state index in [-0.39, 0.29) is 48.8 Å². The van der Waals surface area contributed by atoms with Gasteiger partial charge >= 0.3 is 11.9 Å². The molecule has 2 aliphatic heterocycles. The van der Waals surface area contributed by atoms with Gasteiger partial charge in [-0.3, -0.25) is 24.2 Å². The molecule has 38 heavy (non-hydrogen) atoms. The van der Waals surface area contributed by atoms with E-state index in [1.54, 1.807) is 24.3 Å².